The number of ketones is 1. The highest BCUT2D eigenvalue weighted by molar-refractivity contribution is 6.46. The fourth-order valence-corrected chi connectivity index (χ4v) is 4.25. The molecule has 0 unspecified atom stereocenters. The molecule has 3 rings (SSSR count). The molecule has 2 aromatic carbocycles. The van der Waals surface area contributed by atoms with Crippen molar-refractivity contribution in [2.24, 2.45) is 5.92 Å². The van der Waals surface area contributed by atoms with Crippen molar-refractivity contribution in [3.05, 3.63) is 59.2 Å². The number of aliphatic hydroxyl groups excluding tert-OH is 1. The lowest BCUT2D eigenvalue weighted by atomic mass is 9.94. The number of likely N-dealkylation sites (tertiary alicyclic amines) is 1. The third-order valence-corrected chi connectivity index (χ3v) is 5.98. The van der Waals surface area contributed by atoms with Gasteiger partial charge in [-0.25, -0.2) is 0 Å². The van der Waals surface area contributed by atoms with Crippen LogP contribution in [0.2, 0.25) is 0 Å². The molecule has 1 N–H and O–H groups in total. The quantitative estimate of drug-likeness (QED) is 0.285. The number of amides is 1. The average Bonchev–Trinajstić information content (AvgIpc) is 3.11. The molecule has 2 aromatic rings. The van der Waals surface area contributed by atoms with E-state index in [0.29, 0.717) is 53.9 Å². The fourth-order valence-electron chi connectivity index (χ4n) is 4.25. The van der Waals surface area contributed by atoms with E-state index in [1.165, 1.54) is 19.1 Å². The minimum Gasteiger partial charge on any atom is -0.507 e. The van der Waals surface area contributed by atoms with Crippen LogP contribution in [-0.2, 0) is 9.59 Å². The Hall–Kier alpha value is -3.52. The number of hydrogen-bond acceptors (Lipinski definition) is 7. The van der Waals surface area contributed by atoms with E-state index >= 15 is 0 Å². The van der Waals surface area contributed by atoms with Gasteiger partial charge in [0.2, 0.25) is 0 Å². The summed E-state index contributed by atoms with van der Waals surface area (Å²) in [4.78, 5) is 30.0. The molecule has 1 atom stereocenters. The molecule has 1 saturated heterocycles. The Morgan fingerprint density at radius 2 is 1.75 bits per heavy atom. The summed E-state index contributed by atoms with van der Waals surface area (Å²) in [6.07, 6.45) is 0.657. The lowest BCUT2D eigenvalue weighted by Crippen LogP contribution is -2.32. The number of nitrogens with zero attached hydrogens (tertiary/aromatic N) is 2. The number of ether oxygens (including phenoxy) is 3. The van der Waals surface area contributed by atoms with Crippen molar-refractivity contribution in [3.8, 4) is 17.2 Å². The molecular formula is C28H36N2O6. The number of Topliss-reactive ketones (excluding diaryl/α,β-unsaturated/α-hetero) is 1. The summed E-state index contributed by atoms with van der Waals surface area (Å²) in [7, 11) is 6.94. The van der Waals surface area contributed by atoms with Gasteiger partial charge in [0.05, 0.1) is 32.4 Å². The topological polar surface area (TPSA) is 88.5 Å². The molecule has 36 heavy (non-hydrogen) atoms. The summed E-state index contributed by atoms with van der Waals surface area (Å²) < 4.78 is 16.8. The normalized spacial score (nSPS) is 17.2. The third kappa shape index (κ3) is 5.82. The van der Waals surface area contributed by atoms with Crippen LogP contribution in [0.3, 0.4) is 0 Å². The zero-order valence-electron chi connectivity index (χ0n) is 21.9. The van der Waals surface area contributed by atoms with Gasteiger partial charge in [0.1, 0.15) is 11.5 Å². The molecule has 0 aliphatic carbocycles. The second-order valence-corrected chi connectivity index (χ2v) is 9.46. The van der Waals surface area contributed by atoms with Gasteiger partial charge in [0, 0.05) is 17.7 Å². The summed E-state index contributed by atoms with van der Waals surface area (Å²) in [6, 6.07) is 11.3. The number of para-hydroxylation sites is 1. The first-order chi connectivity index (χ1) is 17.2. The zero-order chi connectivity index (χ0) is 26.4. The highest BCUT2D eigenvalue weighted by Crippen LogP contribution is 2.45. The van der Waals surface area contributed by atoms with Crippen molar-refractivity contribution in [2.45, 2.75) is 26.3 Å². The summed E-state index contributed by atoms with van der Waals surface area (Å²) in [5.41, 5.74) is 1.01. The molecule has 1 fully saturated rings. The van der Waals surface area contributed by atoms with Crippen molar-refractivity contribution in [2.75, 3.05) is 48.0 Å². The average molecular weight is 497 g/mol. The summed E-state index contributed by atoms with van der Waals surface area (Å²) in [5, 5.41) is 11.3. The van der Waals surface area contributed by atoms with E-state index in [1.807, 2.05) is 19.0 Å². The van der Waals surface area contributed by atoms with Gasteiger partial charge in [0.15, 0.2) is 11.5 Å². The Morgan fingerprint density at radius 1 is 1.06 bits per heavy atom. The Morgan fingerprint density at radius 3 is 2.33 bits per heavy atom. The monoisotopic (exact) mass is 496 g/mol. The number of carbonyl (C=O) groups is 2. The second kappa shape index (κ2) is 11.9. The van der Waals surface area contributed by atoms with Gasteiger partial charge in [0.25, 0.3) is 11.7 Å². The van der Waals surface area contributed by atoms with Crippen LogP contribution >= 0.6 is 0 Å². The minimum absolute atomic E-state index is 0.0206. The highest BCUT2D eigenvalue weighted by Gasteiger charge is 2.47. The first-order valence-corrected chi connectivity index (χ1v) is 12.1. The number of aliphatic hydroxyl groups is 1. The van der Waals surface area contributed by atoms with E-state index in [0.717, 1.165) is 6.54 Å². The van der Waals surface area contributed by atoms with Crippen LogP contribution in [-0.4, -0.2) is 74.6 Å². The van der Waals surface area contributed by atoms with Crippen LogP contribution in [0.4, 0.5) is 0 Å². The molecule has 0 spiro atoms. The lowest BCUT2D eigenvalue weighted by molar-refractivity contribution is -0.140. The molecular weight excluding hydrogens is 460 g/mol. The standard InChI is InChI=1S/C28H36N2O6/c1-18(2)17-36-20-13-11-19(12-14-20)25(31)23-24(21-9-7-10-22(34-5)27(21)35-6)30(28(33)26(23)32)16-8-15-29(3)4/h7,9-14,18,24,31H,8,15-17H2,1-6H3/t24-/m1/s1. The maximum atomic E-state index is 13.3. The second-order valence-electron chi connectivity index (χ2n) is 9.46. The Balaban J connectivity index is 2.10. The van der Waals surface area contributed by atoms with Crippen LogP contribution in [0.25, 0.3) is 5.76 Å². The van der Waals surface area contributed by atoms with Gasteiger partial charge in [-0.05, 0) is 63.3 Å². The molecule has 0 bridgehead atoms. The van der Waals surface area contributed by atoms with Gasteiger partial charge in [-0.2, -0.15) is 0 Å². The van der Waals surface area contributed by atoms with E-state index < -0.39 is 17.7 Å². The van der Waals surface area contributed by atoms with Gasteiger partial charge >= 0.3 is 0 Å². The van der Waals surface area contributed by atoms with Crippen LogP contribution < -0.4 is 14.2 Å². The maximum absolute atomic E-state index is 13.3. The first-order valence-electron chi connectivity index (χ1n) is 12.1. The molecule has 0 radical (unpaired) electrons. The summed E-state index contributed by atoms with van der Waals surface area (Å²) in [6.45, 7) is 5.77. The predicted octanol–water partition coefficient (Wildman–Crippen LogP) is 4.11. The van der Waals surface area contributed by atoms with Crippen LogP contribution in [0, 0.1) is 5.92 Å². The highest BCUT2D eigenvalue weighted by atomic mass is 16.5. The molecule has 0 aromatic heterocycles. The lowest BCUT2D eigenvalue weighted by Gasteiger charge is -2.27. The van der Waals surface area contributed by atoms with Crippen molar-refractivity contribution < 1.29 is 28.9 Å². The molecule has 1 aliphatic rings. The Labute approximate surface area is 213 Å². The number of methoxy groups -OCH3 is 2. The predicted molar refractivity (Wildman–Crippen MR) is 139 cm³/mol. The van der Waals surface area contributed by atoms with Gasteiger partial charge in [-0.15, -0.1) is 0 Å². The zero-order valence-corrected chi connectivity index (χ0v) is 21.9. The third-order valence-electron chi connectivity index (χ3n) is 5.98. The van der Waals surface area contributed by atoms with E-state index in [1.54, 1.807) is 42.5 Å². The molecule has 0 saturated carbocycles. The van der Waals surface area contributed by atoms with Crippen molar-refractivity contribution in [1.29, 1.82) is 0 Å². The fraction of sp³-hybridized carbons (Fsp3) is 0.429. The number of rotatable bonds is 11. The van der Waals surface area contributed by atoms with Crippen molar-refractivity contribution in [3.63, 3.8) is 0 Å². The smallest absolute Gasteiger partial charge is 0.295 e. The minimum atomic E-state index is -0.825. The van der Waals surface area contributed by atoms with Crippen molar-refractivity contribution in [1.82, 2.24) is 9.80 Å². The van der Waals surface area contributed by atoms with Gasteiger partial charge < -0.3 is 29.1 Å². The summed E-state index contributed by atoms with van der Waals surface area (Å²) in [5.74, 6) is 0.298. The Bertz CT molecular complexity index is 1110. The largest absolute Gasteiger partial charge is 0.507 e. The van der Waals surface area contributed by atoms with E-state index in [2.05, 4.69) is 13.8 Å². The van der Waals surface area contributed by atoms with Gasteiger partial charge in [-0.1, -0.05) is 26.0 Å². The number of benzene rings is 2. The maximum Gasteiger partial charge on any atom is 0.295 e. The molecule has 1 amide bonds. The van der Waals surface area contributed by atoms with Crippen LogP contribution in [0.1, 0.15) is 37.4 Å². The number of carbonyl (C=O) groups excluding carboxylic acids is 2. The molecule has 1 aliphatic heterocycles. The van der Waals surface area contributed by atoms with E-state index in [-0.39, 0.29) is 11.3 Å². The number of hydrogen-bond donors (Lipinski definition) is 1. The SMILES string of the molecule is COc1cccc([C@@H]2C(=C(O)c3ccc(OCC(C)C)cc3)C(=O)C(=O)N2CCCN(C)C)c1OC. The Kier molecular flexibility index (Phi) is 8.98. The van der Waals surface area contributed by atoms with Crippen LogP contribution in [0.5, 0.6) is 17.2 Å². The molecule has 1 heterocycles. The van der Waals surface area contributed by atoms with E-state index in [9.17, 15) is 14.7 Å². The van der Waals surface area contributed by atoms with Crippen LogP contribution in [0.15, 0.2) is 48.0 Å². The van der Waals surface area contributed by atoms with Gasteiger partial charge in [-0.3, -0.25) is 9.59 Å². The first kappa shape index (κ1) is 27.1. The molecule has 8 heteroatoms. The molecule has 8 nitrogen and oxygen atoms in total. The van der Waals surface area contributed by atoms with E-state index in [4.69, 9.17) is 14.2 Å². The summed E-state index contributed by atoms with van der Waals surface area (Å²) >= 11 is 0. The molecule has 194 valence electrons. The van der Waals surface area contributed by atoms with Crippen molar-refractivity contribution >= 4 is 17.4 Å².